The van der Waals surface area contributed by atoms with Gasteiger partial charge in [0.05, 0.1) is 13.2 Å². The van der Waals surface area contributed by atoms with Gasteiger partial charge in [0.2, 0.25) is 0 Å². The number of hydrogen-bond donors (Lipinski definition) is 3. The summed E-state index contributed by atoms with van der Waals surface area (Å²) in [4.78, 5) is 11.4. The van der Waals surface area contributed by atoms with Crippen LogP contribution < -0.4 is 15.5 Å². The number of nitrogens with one attached hydrogen (secondary N) is 2. The van der Waals surface area contributed by atoms with Crippen molar-refractivity contribution >= 4 is 21.9 Å². The highest BCUT2D eigenvalue weighted by Gasteiger charge is 2.42. The van der Waals surface area contributed by atoms with E-state index in [1.807, 2.05) is 35.5 Å². The standard InChI is InChI=1S/C14H16BrN3O3/c1-21-9-4-2-8(3-5-9)12-6-11(14(19)20)17-13-10(15)7-16-18(12)13/h2-5,7,11-13,16-17H,6H2,1H3,(H,19,20). The van der Waals surface area contributed by atoms with Crippen molar-refractivity contribution in [2.24, 2.45) is 0 Å². The molecule has 0 spiro atoms. The summed E-state index contributed by atoms with van der Waals surface area (Å²) in [6.45, 7) is 0. The Bertz CT molecular complexity index is 575. The monoisotopic (exact) mass is 353 g/mol. The molecule has 0 aromatic heterocycles. The first-order valence-corrected chi connectivity index (χ1v) is 7.42. The molecule has 7 heteroatoms. The number of methoxy groups -OCH3 is 1. The van der Waals surface area contributed by atoms with Gasteiger partial charge in [0.25, 0.3) is 0 Å². The minimum atomic E-state index is -0.833. The Balaban J connectivity index is 1.89. The number of nitrogens with zero attached hydrogens (tertiary/aromatic N) is 1. The van der Waals surface area contributed by atoms with Crippen LogP contribution in [-0.4, -0.2) is 35.4 Å². The van der Waals surface area contributed by atoms with Gasteiger partial charge in [-0.05, 0) is 24.1 Å². The second-order valence-electron chi connectivity index (χ2n) is 5.05. The molecular weight excluding hydrogens is 338 g/mol. The maximum absolute atomic E-state index is 11.4. The third-order valence-corrected chi connectivity index (χ3v) is 4.51. The van der Waals surface area contributed by atoms with E-state index in [4.69, 9.17) is 4.74 Å². The van der Waals surface area contributed by atoms with Crippen molar-refractivity contribution in [1.82, 2.24) is 15.8 Å². The summed E-state index contributed by atoms with van der Waals surface area (Å²) >= 11 is 3.46. The molecule has 3 rings (SSSR count). The quantitative estimate of drug-likeness (QED) is 0.765. The number of halogens is 1. The molecule has 21 heavy (non-hydrogen) atoms. The highest BCUT2D eigenvalue weighted by molar-refractivity contribution is 9.11. The lowest BCUT2D eigenvalue weighted by Crippen LogP contribution is -2.59. The Morgan fingerprint density at radius 1 is 1.43 bits per heavy atom. The number of carboxylic acids is 1. The first kappa shape index (κ1) is 14.4. The van der Waals surface area contributed by atoms with Crippen LogP contribution in [0.2, 0.25) is 0 Å². The van der Waals surface area contributed by atoms with Crippen molar-refractivity contribution in [3.05, 3.63) is 40.5 Å². The van der Waals surface area contributed by atoms with Gasteiger partial charge in [-0.3, -0.25) is 10.1 Å². The Morgan fingerprint density at radius 2 is 2.14 bits per heavy atom. The van der Waals surface area contributed by atoms with Crippen LogP contribution in [0.15, 0.2) is 34.9 Å². The van der Waals surface area contributed by atoms with Crippen molar-refractivity contribution in [2.75, 3.05) is 7.11 Å². The predicted octanol–water partition coefficient (Wildman–Crippen LogP) is 1.57. The number of ether oxygens (including phenoxy) is 1. The van der Waals surface area contributed by atoms with Gasteiger partial charge in [0.15, 0.2) is 0 Å². The first-order valence-electron chi connectivity index (χ1n) is 6.63. The van der Waals surface area contributed by atoms with Crippen molar-refractivity contribution in [2.45, 2.75) is 24.7 Å². The molecule has 112 valence electrons. The molecule has 1 aromatic rings. The topological polar surface area (TPSA) is 73.8 Å². The zero-order valence-electron chi connectivity index (χ0n) is 11.4. The van der Waals surface area contributed by atoms with Gasteiger partial charge in [0, 0.05) is 10.7 Å². The Labute approximate surface area is 130 Å². The molecule has 3 N–H and O–H groups in total. The minimum Gasteiger partial charge on any atom is -0.497 e. The fourth-order valence-corrected chi connectivity index (χ4v) is 3.20. The second-order valence-corrected chi connectivity index (χ2v) is 5.97. The SMILES string of the molecule is COc1ccc(C2CC(C(=O)O)NC3C(Br)=CNN32)cc1. The number of carbonyl (C=O) groups is 1. The van der Waals surface area contributed by atoms with E-state index in [0.717, 1.165) is 15.8 Å². The van der Waals surface area contributed by atoms with Gasteiger partial charge in [-0.15, -0.1) is 0 Å². The summed E-state index contributed by atoms with van der Waals surface area (Å²) in [5, 5.41) is 14.5. The third kappa shape index (κ3) is 2.64. The number of carboxylic acid groups (broad SMARTS) is 1. The van der Waals surface area contributed by atoms with Gasteiger partial charge in [0.1, 0.15) is 18.0 Å². The fourth-order valence-electron chi connectivity index (χ4n) is 2.74. The molecule has 1 fully saturated rings. The molecule has 0 amide bonds. The van der Waals surface area contributed by atoms with E-state index in [0.29, 0.717) is 6.42 Å². The minimum absolute atomic E-state index is 0.0328. The van der Waals surface area contributed by atoms with Crippen molar-refractivity contribution in [3.8, 4) is 5.75 Å². The summed E-state index contributed by atoms with van der Waals surface area (Å²) in [5.74, 6) is -0.0481. The molecular formula is C14H16BrN3O3. The van der Waals surface area contributed by atoms with Gasteiger partial charge in [-0.25, -0.2) is 0 Å². The molecule has 3 unspecified atom stereocenters. The normalized spacial score (nSPS) is 28.5. The molecule has 1 saturated heterocycles. The molecule has 0 aliphatic carbocycles. The van der Waals surface area contributed by atoms with Gasteiger partial charge < -0.3 is 15.3 Å². The molecule has 0 bridgehead atoms. The summed E-state index contributed by atoms with van der Waals surface area (Å²) < 4.78 is 6.06. The van der Waals surface area contributed by atoms with E-state index in [2.05, 4.69) is 26.7 Å². The van der Waals surface area contributed by atoms with Crippen LogP contribution >= 0.6 is 15.9 Å². The highest BCUT2D eigenvalue weighted by atomic mass is 79.9. The number of benzene rings is 1. The number of rotatable bonds is 3. The summed E-state index contributed by atoms with van der Waals surface area (Å²) in [7, 11) is 1.62. The summed E-state index contributed by atoms with van der Waals surface area (Å²) in [6, 6.07) is 7.10. The van der Waals surface area contributed by atoms with E-state index in [9.17, 15) is 9.90 Å². The molecule has 2 aliphatic rings. The van der Waals surface area contributed by atoms with Crippen LogP contribution in [0, 0.1) is 0 Å². The van der Waals surface area contributed by atoms with Gasteiger partial charge in [-0.2, -0.15) is 5.01 Å². The average molecular weight is 354 g/mol. The van der Waals surface area contributed by atoms with Crippen LogP contribution in [0.25, 0.3) is 0 Å². The van der Waals surface area contributed by atoms with Gasteiger partial charge >= 0.3 is 5.97 Å². The van der Waals surface area contributed by atoms with E-state index in [-0.39, 0.29) is 12.2 Å². The van der Waals surface area contributed by atoms with E-state index < -0.39 is 12.0 Å². The molecule has 0 radical (unpaired) electrons. The summed E-state index contributed by atoms with van der Waals surface area (Å²) in [5.41, 5.74) is 4.24. The number of aliphatic carboxylic acids is 1. The van der Waals surface area contributed by atoms with Crippen molar-refractivity contribution < 1.29 is 14.6 Å². The molecule has 3 atom stereocenters. The molecule has 2 aliphatic heterocycles. The Hall–Kier alpha value is -1.57. The summed E-state index contributed by atoms with van der Waals surface area (Å²) in [6.07, 6.45) is 2.14. The highest BCUT2D eigenvalue weighted by Crippen LogP contribution is 2.36. The first-order chi connectivity index (χ1) is 10.1. The van der Waals surface area contributed by atoms with Crippen LogP contribution in [0.1, 0.15) is 18.0 Å². The molecule has 6 nitrogen and oxygen atoms in total. The zero-order chi connectivity index (χ0) is 15.0. The molecule has 2 heterocycles. The maximum atomic E-state index is 11.4. The largest absolute Gasteiger partial charge is 0.497 e. The van der Waals surface area contributed by atoms with Crippen LogP contribution in [0.5, 0.6) is 5.75 Å². The lowest BCUT2D eigenvalue weighted by Gasteiger charge is -2.41. The lowest BCUT2D eigenvalue weighted by atomic mass is 9.95. The number of hydrogen-bond acceptors (Lipinski definition) is 5. The van der Waals surface area contributed by atoms with Crippen LogP contribution in [0.3, 0.4) is 0 Å². The molecule has 0 saturated carbocycles. The van der Waals surface area contributed by atoms with Crippen LogP contribution in [-0.2, 0) is 4.79 Å². The second kappa shape index (κ2) is 5.67. The smallest absolute Gasteiger partial charge is 0.320 e. The lowest BCUT2D eigenvalue weighted by molar-refractivity contribution is -0.142. The Morgan fingerprint density at radius 3 is 2.76 bits per heavy atom. The fraction of sp³-hybridized carbons (Fsp3) is 0.357. The van der Waals surface area contributed by atoms with E-state index >= 15 is 0 Å². The Kier molecular flexibility index (Phi) is 3.88. The van der Waals surface area contributed by atoms with E-state index in [1.54, 1.807) is 7.11 Å². The zero-order valence-corrected chi connectivity index (χ0v) is 13.0. The third-order valence-electron chi connectivity index (χ3n) is 3.84. The van der Waals surface area contributed by atoms with Crippen LogP contribution in [0.4, 0.5) is 0 Å². The maximum Gasteiger partial charge on any atom is 0.320 e. The van der Waals surface area contributed by atoms with E-state index in [1.165, 1.54) is 0 Å². The molecule has 1 aromatic carbocycles. The average Bonchev–Trinajstić information content (AvgIpc) is 2.88. The van der Waals surface area contributed by atoms with Gasteiger partial charge in [-0.1, -0.05) is 28.1 Å². The number of hydrazine groups is 1. The van der Waals surface area contributed by atoms with Crippen molar-refractivity contribution in [3.63, 3.8) is 0 Å². The predicted molar refractivity (Wildman–Crippen MR) is 80.7 cm³/mol. The van der Waals surface area contributed by atoms with Crippen molar-refractivity contribution in [1.29, 1.82) is 0 Å². The number of fused-ring (bicyclic) bond motifs is 1.